The first kappa shape index (κ1) is 11.8. The topological polar surface area (TPSA) is 26.0 Å². The Morgan fingerprint density at radius 3 is 2.75 bits per heavy atom. The predicted octanol–water partition coefficient (Wildman–Crippen LogP) is 4.01. The molecule has 2 aromatic rings. The highest BCUT2D eigenvalue weighted by molar-refractivity contribution is 9.10. The molecule has 1 aromatic carbocycles. The highest BCUT2D eigenvalue weighted by atomic mass is 79.9. The highest BCUT2D eigenvalue weighted by Gasteiger charge is 2.14. The minimum atomic E-state index is -0.257. The van der Waals surface area contributed by atoms with E-state index in [-0.39, 0.29) is 11.9 Å². The molecule has 4 heteroatoms. The molecule has 1 heterocycles. The molecular weight excluding hydrogens is 289 g/mol. The standard InChI is InChI=1S/C12H11BrFNS/c1-7-2-3-9(14)5-10(7)12(15)11-4-8(13)6-16-11/h2-6,12H,15H2,1H3. The van der Waals surface area contributed by atoms with Crippen LogP contribution in [0.4, 0.5) is 4.39 Å². The molecule has 2 N–H and O–H groups in total. The zero-order valence-corrected chi connectivity index (χ0v) is 11.1. The number of thiophene rings is 1. The smallest absolute Gasteiger partial charge is 0.123 e. The summed E-state index contributed by atoms with van der Waals surface area (Å²) in [4.78, 5) is 1.03. The lowest BCUT2D eigenvalue weighted by atomic mass is 10.0. The maximum atomic E-state index is 13.2. The van der Waals surface area contributed by atoms with Crippen LogP contribution >= 0.6 is 27.3 Å². The van der Waals surface area contributed by atoms with E-state index < -0.39 is 0 Å². The lowest BCUT2D eigenvalue weighted by Crippen LogP contribution is -2.12. The lowest BCUT2D eigenvalue weighted by Gasteiger charge is -2.13. The van der Waals surface area contributed by atoms with Crippen LogP contribution in [0.3, 0.4) is 0 Å². The Labute approximate surface area is 106 Å². The molecule has 84 valence electrons. The van der Waals surface area contributed by atoms with Gasteiger partial charge in [-0.2, -0.15) is 0 Å². The van der Waals surface area contributed by atoms with Crippen LogP contribution in [0.25, 0.3) is 0 Å². The molecule has 16 heavy (non-hydrogen) atoms. The SMILES string of the molecule is Cc1ccc(F)cc1C(N)c1cc(Br)cs1. The third-order valence-corrected chi connectivity index (χ3v) is 4.25. The zero-order valence-electron chi connectivity index (χ0n) is 8.71. The highest BCUT2D eigenvalue weighted by Crippen LogP contribution is 2.30. The van der Waals surface area contributed by atoms with Gasteiger partial charge in [-0.15, -0.1) is 11.3 Å². The van der Waals surface area contributed by atoms with Crippen LogP contribution in [0.15, 0.2) is 34.1 Å². The van der Waals surface area contributed by atoms with Crippen molar-refractivity contribution in [2.75, 3.05) is 0 Å². The summed E-state index contributed by atoms with van der Waals surface area (Å²) in [5.74, 6) is -0.244. The lowest BCUT2D eigenvalue weighted by molar-refractivity contribution is 0.623. The minimum Gasteiger partial charge on any atom is -0.320 e. The molecule has 1 atom stereocenters. The second-order valence-electron chi connectivity index (χ2n) is 3.65. The molecule has 0 aliphatic heterocycles. The van der Waals surface area contributed by atoms with Crippen molar-refractivity contribution < 1.29 is 4.39 Å². The molecule has 0 amide bonds. The fourth-order valence-corrected chi connectivity index (χ4v) is 3.05. The molecule has 0 fully saturated rings. The Morgan fingerprint density at radius 1 is 1.38 bits per heavy atom. The van der Waals surface area contributed by atoms with Gasteiger partial charge >= 0.3 is 0 Å². The number of aryl methyl sites for hydroxylation is 1. The van der Waals surface area contributed by atoms with Gasteiger partial charge in [0.05, 0.1) is 6.04 Å². The zero-order chi connectivity index (χ0) is 11.7. The fourth-order valence-electron chi connectivity index (χ4n) is 1.59. The first-order valence-corrected chi connectivity index (χ1v) is 6.51. The second kappa shape index (κ2) is 4.65. The van der Waals surface area contributed by atoms with Gasteiger partial charge in [0.25, 0.3) is 0 Å². The van der Waals surface area contributed by atoms with Gasteiger partial charge < -0.3 is 5.73 Å². The van der Waals surface area contributed by atoms with Crippen LogP contribution in [0, 0.1) is 12.7 Å². The quantitative estimate of drug-likeness (QED) is 0.891. The number of halogens is 2. The van der Waals surface area contributed by atoms with E-state index >= 15 is 0 Å². The third-order valence-electron chi connectivity index (χ3n) is 2.47. The summed E-state index contributed by atoms with van der Waals surface area (Å²) < 4.78 is 14.2. The van der Waals surface area contributed by atoms with Crippen LogP contribution in [0.1, 0.15) is 22.0 Å². The average Bonchev–Trinajstić information content (AvgIpc) is 2.67. The Kier molecular flexibility index (Phi) is 3.42. The summed E-state index contributed by atoms with van der Waals surface area (Å²) in [6.45, 7) is 1.94. The summed E-state index contributed by atoms with van der Waals surface area (Å²) in [6, 6.07) is 6.43. The second-order valence-corrected chi connectivity index (χ2v) is 5.50. The van der Waals surface area contributed by atoms with E-state index in [0.29, 0.717) is 0 Å². The number of benzene rings is 1. The molecule has 1 nitrogen and oxygen atoms in total. The summed E-state index contributed by atoms with van der Waals surface area (Å²) >= 11 is 4.96. The van der Waals surface area contributed by atoms with Gasteiger partial charge in [-0.25, -0.2) is 4.39 Å². The first-order valence-electron chi connectivity index (χ1n) is 4.83. The van der Waals surface area contributed by atoms with Crippen LogP contribution in [0.5, 0.6) is 0 Å². The van der Waals surface area contributed by atoms with Crippen LogP contribution < -0.4 is 5.73 Å². The number of hydrogen-bond acceptors (Lipinski definition) is 2. The van der Waals surface area contributed by atoms with Gasteiger partial charge in [-0.05, 0) is 52.2 Å². The maximum Gasteiger partial charge on any atom is 0.123 e. The Hall–Kier alpha value is -0.710. The predicted molar refractivity (Wildman–Crippen MR) is 69.2 cm³/mol. The van der Waals surface area contributed by atoms with Crippen molar-refractivity contribution in [3.8, 4) is 0 Å². The van der Waals surface area contributed by atoms with Crippen molar-refractivity contribution in [1.82, 2.24) is 0 Å². The molecule has 0 aliphatic carbocycles. The van der Waals surface area contributed by atoms with Gasteiger partial charge in [0, 0.05) is 14.7 Å². The molecule has 2 rings (SSSR count). The maximum absolute atomic E-state index is 13.2. The van der Waals surface area contributed by atoms with E-state index in [4.69, 9.17) is 5.73 Å². The number of rotatable bonds is 2. The molecule has 0 aliphatic rings. The van der Waals surface area contributed by atoms with Gasteiger partial charge in [0.1, 0.15) is 5.82 Å². The summed E-state index contributed by atoms with van der Waals surface area (Å²) in [7, 11) is 0. The molecule has 0 saturated carbocycles. The summed E-state index contributed by atoms with van der Waals surface area (Å²) in [6.07, 6.45) is 0. The van der Waals surface area contributed by atoms with Crippen molar-refractivity contribution >= 4 is 27.3 Å². The third kappa shape index (κ3) is 2.34. The van der Waals surface area contributed by atoms with E-state index in [0.717, 1.165) is 20.5 Å². The molecular formula is C12H11BrFNS. The van der Waals surface area contributed by atoms with E-state index in [1.54, 1.807) is 17.4 Å². The van der Waals surface area contributed by atoms with Crippen LogP contribution in [-0.4, -0.2) is 0 Å². The Bertz CT molecular complexity index is 509. The number of hydrogen-bond donors (Lipinski definition) is 1. The molecule has 1 aromatic heterocycles. The van der Waals surface area contributed by atoms with Crippen molar-refractivity contribution in [3.05, 3.63) is 55.9 Å². The molecule has 0 radical (unpaired) electrons. The van der Waals surface area contributed by atoms with E-state index in [9.17, 15) is 4.39 Å². The first-order chi connectivity index (χ1) is 7.58. The number of nitrogens with two attached hydrogens (primary N) is 1. The van der Waals surface area contributed by atoms with Crippen LogP contribution in [-0.2, 0) is 0 Å². The largest absolute Gasteiger partial charge is 0.320 e. The molecule has 1 unspecified atom stereocenters. The van der Waals surface area contributed by atoms with Gasteiger partial charge in [-0.3, -0.25) is 0 Å². The molecule has 0 bridgehead atoms. The van der Waals surface area contributed by atoms with E-state index in [1.165, 1.54) is 12.1 Å². The minimum absolute atomic E-state index is 0.244. The van der Waals surface area contributed by atoms with E-state index in [2.05, 4.69) is 15.9 Å². The van der Waals surface area contributed by atoms with Crippen LogP contribution in [0.2, 0.25) is 0 Å². The van der Waals surface area contributed by atoms with Crippen molar-refractivity contribution in [3.63, 3.8) is 0 Å². The average molecular weight is 300 g/mol. The Morgan fingerprint density at radius 2 is 2.12 bits per heavy atom. The molecule has 0 saturated heterocycles. The van der Waals surface area contributed by atoms with Gasteiger partial charge in [0.2, 0.25) is 0 Å². The van der Waals surface area contributed by atoms with Gasteiger partial charge in [-0.1, -0.05) is 6.07 Å². The fraction of sp³-hybridized carbons (Fsp3) is 0.167. The molecule has 0 spiro atoms. The van der Waals surface area contributed by atoms with Gasteiger partial charge in [0.15, 0.2) is 0 Å². The van der Waals surface area contributed by atoms with Crippen molar-refractivity contribution in [2.45, 2.75) is 13.0 Å². The summed E-state index contributed by atoms with van der Waals surface area (Å²) in [5, 5.41) is 1.98. The van der Waals surface area contributed by atoms with E-state index in [1.807, 2.05) is 18.4 Å². The van der Waals surface area contributed by atoms with Crippen molar-refractivity contribution in [1.29, 1.82) is 0 Å². The normalized spacial score (nSPS) is 12.8. The van der Waals surface area contributed by atoms with Crippen molar-refractivity contribution in [2.24, 2.45) is 5.73 Å². The Balaban J connectivity index is 2.40. The summed E-state index contributed by atoms with van der Waals surface area (Å²) in [5.41, 5.74) is 7.98. The monoisotopic (exact) mass is 299 g/mol.